The summed E-state index contributed by atoms with van der Waals surface area (Å²) < 4.78 is 5.43. The van der Waals surface area contributed by atoms with Crippen LogP contribution in [0.1, 0.15) is 29.7 Å². The highest BCUT2D eigenvalue weighted by atomic mass is 35.5. The maximum atomic E-state index is 12.0. The van der Waals surface area contributed by atoms with Crippen LogP contribution in [0.4, 0.5) is 0 Å². The average Bonchev–Trinajstić information content (AvgIpc) is 2.49. The zero-order valence-electron chi connectivity index (χ0n) is 13.3. The first kappa shape index (κ1) is 17.6. The van der Waals surface area contributed by atoms with Crippen molar-refractivity contribution in [2.45, 2.75) is 26.8 Å². The molecule has 5 heteroatoms. The summed E-state index contributed by atoms with van der Waals surface area (Å²) in [6.07, 6.45) is 0. The molecular formula is C18H19Cl2NO2. The molecule has 23 heavy (non-hydrogen) atoms. The Labute approximate surface area is 146 Å². The lowest BCUT2D eigenvalue weighted by atomic mass is 10.0. The van der Waals surface area contributed by atoms with E-state index in [1.807, 2.05) is 13.0 Å². The first-order valence-corrected chi connectivity index (χ1v) is 8.07. The van der Waals surface area contributed by atoms with Crippen LogP contribution in [0.3, 0.4) is 0 Å². The molecule has 0 aromatic heterocycles. The number of rotatable bonds is 5. The highest BCUT2D eigenvalue weighted by Gasteiger charge is 2.12. The molecule has 0 unspecified atom stereocenters. The molecule has 1 amide bonds. The van der Waals surface area contributed by atoms with Crippen molar-refractivity contribution < 1.29 is 9.53 Å². The van der Waals surface area contributed by atoms with Crippen LogP contribution in [0.15, 0.2) is 36.4 Å². The van der Waals surface area contributed by atoms with Gasteiger partial charge in [0.05, 0.1) is 11.1 Å². The van der Waals surface area contributed by atoms with Gasteiger partial charge in [-0.05, 0) is 55.7 Å². The van der Waals surface area contributed by atoms with Crippen molar-refractivity contribution in [2.24, 2.45) is 0 Å². The molecule has 0 aliphatic rings. The summed E-state index contributed by atoms with van der Waals surface area (Å²) in [6.45, 7) is 5.96. The van der Waals surface area contributed by atoms with Crippen molar-refractivity contribution in [3.05, 3.63) is 63.1 Å². The minimum Gasteiger partial charge on any atom is -0.482 e. The summed E-state index contributed by atoms with van der Waals surface area (Å²) >= 11 is 11.8. The van der Waals surface area contributed by atoms with Gasteiger partial charge >= 0.3 is 0 Å². The lowest BCUT2D eigenvalue weighted by Gasteiger charge is -2.16. The smallest absolute Gasteiger partial charge is 0.258 e. The molecule has 3 nitrogen and oxygen atoms in total. The van der Waals surface area contributed by atoms with Crippen molar-refractivity contribution in [3.63, 3.8) is 0 Å². The molecule has 0 aliphatic heterocycles. The van der Waals surface area contributed by atoms with Crippen LogP contribution in [-0.4, -0.2) is 12.5 Å². The Hall–Kier alpha value is -1.71. The summed E-state index contributed by atoms with van der Waals surface area (Å²) in [6, 6.07) is 10.9. The molecule has 0 heterocycles. The fourth-order valence-corrected chi connectivity index (χ4v) is 2.60. The maximum absolute atomic E-state index is 12.0. The van der Waals surface area contributed by atoms with Crippen LogP contribution in [0.25, 0.3) is 0 Å². The van der Waals surface area contributed by atoms with Gasteiger partial charge in [-0.15, -0.1) is 0 Å². The van der Waals surface area contributed by atoms with Gasteiger partial charge in [-0.2, -0.15) is 0 Å². The number of aryl methyl sites for hydroxylation is 2. The van der Waals surface area contributed by atoms with Gasteiger partial charge in [0, 0.05) is 5.02 Å². The first-order chi connectivity index (χ1) is 10.9. The van der Waals surface area contributed by atoms with Crippen LogP contribution in [0, 0.1) is 13.8 Å². The molecule has 1 atom stereocenters. The number of halogens is 2. The monoisotopic (exact) mass is 351 g/mol. The van der Waals surface area contributed by atoms with Crippen molar-refractivity contribution in [2.75, 3.05) is 6.61 Å². The van der Waals surface area contributed by atoms with Crippen LogP contribution >= 0.6 is 23.2 Å². The van der Waals surface area contributed by atoms with Gasteiger partial charge in [0.15, 0.2) is 6.61 Å². The molecule has 1 N–H and O–H groups in total. The number of ether oxygens (including phenoxy) is 1. The largest absolute Gasteiger partial charge is 0.482 e. The molecular weight excluding hydrogens is 333 g/mol. The Morgan fingerprint density at radius 1 is 1.13 bits per heavy atom. The summed E-state index contributed by atoms with van der Waals surface area (Å²) in [5.41, 5.74) is 3.49. The summed E-state index contributed by atoms with van der Waals surface area (Å²) in [4.78, 5) is 12.0. The first-order valence-electron chi connectivity index (χ1n) is 7.31. The third-order valence-electron chi connectivity index (χ3n) is 3.66. The van der Waals surface area contributed by atoms with E-state index in [0.717, 1.165) is 5.56 Å². The molecule has 0 radical (unpaired) electrons. The number of nitrogens with one attached hydrogen (secondary N) is 1. The standard InChI is InChI=1S/C18H19Cl2NO2/c1-11-4-5-14(8-12(11)2)13(3)21-18(22)10-23-17-7-6-15(19)9-16(17)20/h4-9,13H,10H2,1-3H3,(H,21,22)/t13-/m0/s1. The lowest BCUT2D eigenvalue weighted by Crippen LogP contribution is -2.31. The van der Waals surface area contributed by atoms with E-state index in [0.29, 0.717) is 15.8 Å². The van der Waals surface area contributed by atoms with Crippen molar-refractivity contribution >= 4 is 29.1 Å². The molecule has 0 spiro atoms. The van der Waals surface area contributed by atoms with Gasteiger partial charge in [0.25, 0.3) is 5.91 Å². The predicted octanol–water partition coefficient (Wildman–Crippen LogP) is 4.87. The molecule has 122 valence electrons. The highest BCUT2D eigenvalue weighted by molar-refractivity contribution is 6.35. The van der Waals surface area contributed by atoms with Gasteiger partial charge in [-0.1, -0.05) is 41.4 Å². The number of benzene rings is 2. The van der Waals surface area contributed by atoms with Gasteiger partial charge in [-0.25, -0.2) is 0 Å². The topological polar surface area (TPSA) is 38.3 Å². The zero-order chi connectivity index (χ0) is 17.0. The van der Waals surface area contributed by atoms with E-state index >= 15 is 0 Å². The third kappa shape index (κ3) is 4.88. The molecule has 0 bridgehead atoms. The van der Waals surface area contributed by atoms with Crippen molar-refractivity contribution in [1.29, 1.82) is 0 Å². The van der Waals surface area contributed by atoms with Crippen LogP contribution < -0.4 is 10.1 Å². The quantitative estimate of drug-likeness (QED) is 0.834. The second-order valence-corrected chi connectivity index (χ2v) is 6.34. The van der Waals surface area contributed by atoms with Crippen molar-refractivity contribution in [3.8, 4) is 5.75 Å². The average molecular weight is 352 g/mol. The van der Waals surface area contributed by atoms with Gasteiger partial charge in [0.2, 0.25) is 0 Å². The van der Waals surface area contributed by atoms with Crippen LogP contribution in [0.5, 0.6) is 5.75 Å². The van der Waals surface area contributed by atoms with Gasteiger partial charge in [-0.3, -0.25) is 4.79 Å². The van der Waals surface area contributed by atoms with Gasteiger partial charge in [0.1, 0.15) is 5.75 Å². The van der Waals surface area contributed by atoms with E-state index in [-0.39, 0.29) is 18.6 Å². The molecule has 0 aliphatic carbocycles. The van der Waals surface area contributed by atoms with E-state index in [1.165, 1.54) is 11.1 Å². The second kappa shape index (κ2) is 7.71. The highest BCUT2D eigenvalue weighted by Crippen LogP contribution is 2.27. The van der Waals surface area contributed by atoms with Crippen LogP contribution in [-0.2, 0) is 4.79 Å². The minimum atomic E-state index is -0.207. The van der Waals surface area contributed by atoms with Gasteiger partial charge < -0.3 is 10.1 Å². The molecule has 0 saturated carbocycles. The van der Waals surface area contributed by atoms with E-state index < -0.39 is 0 Å². The predicted molar refractivity (Wildman–Crippen MR) is 94.4 cm³/mol. The third-order valence-corrected chi connectivity index (χ3v) is 4.19. The van der Waals surface area contributed by atoms with Crippen molar-refractivity contribution in [1.82, 2.24) is 5.32 Å². The lowest BCUT2D eigenvalue weighted by molar-refractivity contribution is -0.123. The summed E-state index contributed by atoms with van der Waals surface area (Å²) in [5.74, 6) is 0.229. The Morgan fingerprint density at radius 2 is 1.87 bits per heavy atom. The van der Waals surface area contributed by atoms with E-state index in [9.17, 15) is 4.79 Å². The normalized spacial score (nSPS) is 11.9. The Balaban J connectivity index is 1.92. The SMILES string of the molecule is Cc1ccc([C@H](C)NC(=O)COc2ccc(Cl)cc2Cl)cc1C. The Kier molecular flexibility index (Phi) is 5.91. The van der Waals surface area contributed by atoms with Crippen LogP contribution in [0.2, 0.25) is 10.0 Å². The van der Waals surface area contributed by atoms with E-state index in [2.05, 4.69) is 31.3 Å². The number of carbonyl (C=O) groups excluding carboxylic acids is 1. The van der Waals surface area contributed by atoms with E-state index in [1.54, 1.807) is 18.2 Å². The fraction of sp³-hybridized carbons (Fsp3) is 0.278. The molecule has 2 aromatic carbocycles. The summed E-state index contributed by atoms with van der Waals surface area (Å²) in [7, 11) is 0. The zero-order valence-corrected chi connectivity index (χ0v) is 14.8. The Morgan fingerprint density at radius 3 is 2.52 bits per heavy atom. The maximum Gasteiger partial charge on any atom is 0.258 e. The molecule has 0 fully saturated rings. The minimum absolute atomic E-state index is 0.0916. The Bertz CT molecular complexity index is 716. The fourth-order valence-electron chi connectivity index (χ4n) is 2.14. The molecule has 2 rings (SSSR count). The number of amides is 1. The second-order valence-electron chi connectivity index (χ2n) is 5.50. The number of hydrogen-bond acceptors (Lipinski definition) is 2. The number of hydrogen-bond donors (Lipinski definition) is 1. The molecule has 2 aromatic rings. The molecule has 0 saturated heterocycles. The van der Waals surface area contributed by atoms with E-state index in [4.69, 9.17) is 27.9 Å². The number of carbonyl (C=O) groups is 1. The summed E-state index contributed by atoms with van der Waals surface area (Å²) in [5, 5.41) is 3.82.